The standard InChI is InChI=1S/C17H18N4O4S/c1-11-4-5-12(2)14(8-11)21-7-6-18-17(21)26(23,24)10-16(22)19-15-9-13(3)25-20-15/h4-9H,10H2,1-3H3,(H,19,20,22). The molecular weight excluding hydrogens is 356 g/mol. The van der Waals surface area contributed by atoms with Crippen LogP contribution in [-0.4, -0.2) is 34.8 Å². The highest BCUT2D eigenvalue weighted by Gasteiger charge is 2.26. The number of benzene rings is 1. The van der Waals surface area contributed by atoms with Gasteiger partial charge in [0.2, 0.25) is 20.9 Å². The Balaban J connectivity index is 1.88. The maximum atomic E-state index is 12.7. The van der Waals surface area contributed by atoms with Crippen molar-refractivity contribution in [1.29, 1.82) is 0 Å². The summed E-state index contributed by atoms with van der Waals surface area (Å²) in [6.07, 6.45) is 2.96. The zero-order valence-corrected chi connectivity index (χ0v) is 15.4. The molecule has 3 aromatic rings. The first-order chi connectivity index (χ1) is 12.3. The van der Waals surface area contributed by atoms with E-state index in [-0.39, 0.29) is 11.0 Å². The summed E-state index contributed by atoms with van der Waals surface area (Å²) in [6, 6.07) is 7.22. The summed E-state index contributed by atoms with van der Waals surface area (Å²) in [5, 5.41) is 5.83. The molecule has 0 saturated carbocycles. The number of aromatic nitrogens is 3. The Labute approximate surface area is 150 Å². The number of anilines is 1. The lowest BCUT2D eigenvalue weighted by molar-refractivity contribution is -0.113. The molecule has 0 radical (unpaired) electrons. The fraction of sp³-hybridized carbons (Fsp3) is 0.235. The monoisotopic (exact) mass is 374 g/mol. The molecule has 1 aromatic carbocycles. The molecule has 0 aliphatic heterocycles. The first-order valence-electron chi connectivity index (χ1n) is 7.83. The topological polar surface area (TPSA) is 107 Å². The van der Waals surface area contributed by atoms with E-state index in [4.69, 9.17) is 4.52 Å². The first kappa shape index (κ1) is 17.9. The van der Waals surface area contributed by atoms with Gasteiger partial charge in [-0.05, 0) is 38.0 Å². The fourth-order valence-electron chi connectivity index (χ4n) is 2.52. The molecule has 0 unspecified atom stereocenters. The number of nitrogens with zero attached hydrogens (tertiary/aromatic N) is 3. The third kappa shape index (κ3) is 3.67. The second kappa shape index (κ2) is 6.75. The van der Waals surface area contributed by atoms with E-state index < -0.39 is 21.5 Å². The van der Waals surface area contributed by atoms with Crippen LogP contribution in [0.1, 0.15) is 16.9 Å². The minimum atomic E-state index is -3.96. The summed E-state index contributed by atoms with van der Waals surface area (Å²) in [5.74, 6) is -0.788. The van der Waals surface area contributed by atoms with Crippen LogP contribution in [-0.2, 0) is 14.6 Å². The van der Waals surface area contributed by atoms with Crippen molar-refractivity contribution in [2.24, 2.45) is 0 Å². The molecule has 0 aliphatic rings. The van der Waals surface area contributed by atoms with Crippen LogP contribution in [0, 0.1) is 20.8 Å². The molecule has 0 fully saturated rings. The van der Waals surface area contributed by atoms with Crippen molar-refractivity contribution in [2.75, 3.05) is 11.1 Å². The Kier molecular flexibility index (Phi) is 4.64. The van der Waals surface area contributed by atoms with Crippen molar-refractivity contribution in [3.8, 4) is 5.69 Å². The summed E-state index contributed by atoms with van der Waals surface area (Å²) in [5.41, 5.74) is 2.59. The van der Waals surface area contributed by atoms with Gasteiger partial charge in [0.1, 0.15) is 11.5 Å². The van der Waals surface area contributed by atoms with E-state index in [1.807, 2.05) is 32.0 Å². The molecule has 9 heteroatoms. The Morgan fingerprint density at radius 1 is 1.23 bits per heavy atom. The van der Waals surface area contributed by atoms with E-state index in [0.717, 1.165) is 11.1 Å². The van der Waals surface area contributed by atoms with Gasteiger partial charge in [-0.1, -0.05) is 17.3 Å². The van der Waals surface area contributed by atoms with E-state index in [0.29, 0.717) is 11.4 Å². The maximum absolute atomic E-state index is 12.7. The van der Waals surface area contributed by atoms with Crippen molar-refractivity contribution < 1.29 is 17.7 Å². The Morgan fingerprint density at radius 3 is 2.69 bits per heavy atom. The first-order valence-corrected chi connectivity index (χ1v) is 9.48. The zero-order chi connectivity index (χ0) is 18.9. The van der Waals surface area contributed by atoms with Crippen molar-refractivity contribution in [3.63, 3.8) is 0 Å². The van der Waals surface area contributed by atoms with Crippen molar-refractivity contribution in [3.05, 3.63) is 53.5 Å². The number of hydrogen-bond acceptors (Lipinski definition) is 6. The number of aryl methyl sites for hydroxylation is 3. The predicted molar refractivity (Wildman–Crippen MR) is 95.0 cm³/mol. The van der Waals surface area contributed by atoms with Gasteiger partial charge in [0.05, 0.1) is 5.69 Å². The van der Waals surface area contributed by atoms with Crippen molar-refractivity contribution in [2.45, 2.75) is 25.9 Å². The number of imidazole rings is 1. The number of nitrogens with one attached hydrogen (secondary N) is 1. The second-order valence-corrected chi connectivity index (χ2v) is 7.88. The largest absolute Gasteiger partial charge is 0.360 e. The average molecular weight is 374 g/mol. The van der Waals surface area contributed by atoms with Gasteiger partial charge >= 0.3 is 0 Å². The molecule has 3 rings (SSSR count). The highest BCUT2D eigenvalue weighted by atomic mass is 32.2. The summed E-state index contributed by atoms with van der Waals surface area (Å²) in [6.45, 7) is 5.46. The van der Waals surface area contributed by atoms with E-state index >= 15 is 0 Å². The predicted octanol–water partition coefficient (Wildman–Crippen LogP) is 2.20. The third-order valence-electron chi connectivity index (χ3n) is 3.73. The Hall–Kier alpha value is -2.94. The molecule has 0 atom stereocenters. The second-order valence-electron chi connectivity index (χ2n) is 6.00. The third-order valence-corrected chi connectivity index (χ3v) is 5.23. The molecule has 136 valence electrons. The fourth-order valence-corrected chi connectivity index (χ4v) is 3.75. The van der Waals surface area contributed by atoms with Crippen LogP contribution in [0.4, 0.5) is 5.82 Å². The SMILES string of the molecule is Cc1ccc(C)c(-n2ccnc2S(=O)(=O)CC(=O)Nc2cc(C)on2)c1. The molecule has 8 nitrogen and oxygen atoms in total. The van der Waals surface area contributed by atoms with Gasteiger partial charge in [-0.15, -0.1) is 0 Å². The van der Waals surface area contributed by atoms with Crippen LogP contribution in [0.15, 0.2) is 46.3 Å². The lowest BCUT2D eigenvalue weighted by Crippen LogP contribution is -2.25. The highest BCUT2D eigenvalue weighted by Crippen LogP contribution is 2.21. The minimum absolute atomic E-state index is 0.167. The highest BCUT2D eigenvalue weighted by molar-refractivity contribution is 7.92. The average Bonchev–Trinajstić information content (AvgIpc) is 3.18. The van der Waals surface area contributed by atoms with Crippen LogP contribution in [0.5, 0.6) is 0 Å². The number of hydrogen-bond donors (Lipinski definition) is 1. The number of carbonyl (C=O) groups excluding carboxylic acids is 1. The molecule has 0 bridgehead atoms. The molecular formula is C17H18N4O4S. The molecule has 1 N–H and O–H groups in total. The summed E-state index contributed by atoms with van der Waals surface area (Å²) < 4.78 is 31.7. The van der Waals surface area contributed by atoms with E-state index in [9.17, 15) is 13.2 Å². The minimum Gasteiger partial charge on any atom is -0.360 e. The molecule has 0 aliphatic carbocycles. The van der Waals surface area contributed by atoms with Gasteiger partial charge in [0, 0.05) is 18.5 Å². The number of carbonyl (C=O) groups is 1. The van der Waals surface area contributed by atoms with Crippen LogP contribution < -0.4 is 5.32 Å². The lowest BCUT2D eigenvalue weighted by atomic mass is 10.1. The normalized spacial score (nSPS) is 11.5. The van der Waals surface area contributed by atoms with Crippen LogP contribution in [0.3, 0.4) is 0 Å². The molecule has 0 spiro atoms. The summed E-state index contributed by atoms with van der Waals surface area (Å²) in [4.78, 5) is 16.1. The van der Waals surface area contributed by atoms with E-state index in [1.165, 1.54) is 16.8 Å². The van der Waals surface area contributed by atoms with Crippen molar-refractivity contribution in [1.82, 2.24) is 14.7 Å². The van der Waals surface area contributed by atoms with Gasteiger partial charge in [0.25, 0.3) is 0 Å². The molecule has 2 aromatic heterocycles. The number of sulfone groups is 1. The summed E-state index contributed by atoms with van der Waals surface area (Å²) >= 11 is 0. The molecule has 1 amide bonds. The smallest absolute Gasteiger partial charge is 0.241 e. The molecule has 0 saturated heterocycles. The van der Waals surface area contributed by atoms with Crippen molar-refractivity contribution >= 4 is 21.6 Å². The van der Waals surface area contributed by atoms with Gasteiger partial charge in [-0.2, -0.15) is 0 Å². The Bertz CT molecular complexity index is 1070. The van der Waals surface area contributed by atoms with E-state index in [1.54, 1.807) is 13.1 Å². The van der Waals surface area contributed by atoms with Crippen LogP contribution in [0.25, 0.3) is 5.69 Å². The maximum Gasteiger partial charge on any atom is 0.241 e. The van der Waals surface area contributed by atoms with E-state index in [2.05, 4.69) is 15.5 Å². The van der Waals surface area contributed by atoms with Crippen LogP contribution >= 0.6 is 0 Å². The summed E-state index contributed by atoms with van der Waals surface area (Å²) in [7, 11) is -3.96. The molecule has 26 heavy (non-hydrogen) atoms. The van der Waals surface area contributed by atoms with Gasteiger partial charge < -0.3 is 9.84 Å². The van der Waals surface area contributed by atoms with Crippen LogP contribution in [0.2, 0.25) is 0 Å². The quantitative estimate of drug-likeness (QED) is 0.734. The van der Waals surface area contributed by atoms with Gasteiger partial charge in [0.15, 0.2) is 5.82 Å². The number of rotatable bonds is 5. The zero-order valence-electron chi connectivity index (χ0n) is 14.6. The lowest BCUT2D eigenvalue weighted by Gasteiger charge is -2.12. The molecule has 2 heterocycles. The number of amides is 1. The Morgan fingerprint density at radius 2 is 2.00 bits per heavy atom. The van der Waals surface area contributed by atoms with Gasteiger partial charge in [-0.25, -0.2) is 13.4 Å². The van der Waals surface area contributed by atoms with Gasteiger partial charge in [-0.3, -0.25) is 9.36 Å².